The van der Waals surface area contributed by atoms with Gasteiger partial charge in [-0.05, 0) is 55.1 Å². The highest BCUT2D eigenvalue weighted by molar-refractivity contribution is 5.66. The lowest BCUT2D eigenvalue weighted by atomic mass is 9.85. The van der Waals surface area contributed by atoms with Crippen molar-refractivity contribution in [3.63, 3.8) is 0 Å². The van der Waals surface area contributed by atoms with Gasteiger partial charge in [0.2, 0.25) is 0 Å². The largest absolute Gasteiger partial charge is 0.481 e. The maximum absolute atomic E-state index is 14.9. The summed E-state index contributed by atoms with van der Waals surface area (Å²) >= 11 is 0. The number of alkyl halides is 3. The summed E-state index contributed by atoms with van der Waals surface area (Å²) in [4.78, 5) is 41.8. The van der Waals surface area contributed by atoms with Crippen LogP contribution in [0.1, 0.15) is 65.2 Å². The first-order valence-electron chi connectivity index (χ1n) is 16.7. The molecule has 2 N–H and O–H groups in total. The van der Waals surface area contributed by atoms with Crippen LogP contribution in [-0.4, -0.2) is 44.7 Å². The zero-order valence-corrected chi connectivity index (χ0v) is 27.6. The minimum absolute atomic E-state index is 0.0844. The Morgan fingerprint density at radius 1 is 0.922 bits per heavy atom. The summed E-state index contributed by atoms with van der Waals surface area (Å²) in [6.45, 7) is 0.439. The molecule has 14 heteroatoms. The lowest BCUT2D eigenvalue weighted by Gasteiger charge is -2.39. The van der Waals surface area contributed by atoms with Crippen molar-refractivity contribution in [3.05, 3.63) is 139 Å². The van der Waals surface area contributed by atoms with Crippen LogP contribution < -0.4 is 16.6 Å². The summed E-state index contributed by atoms with van der Waals surface area (Å²) in [6, 6.07) is 16.9. The molecule has 270 valence electrons. The molecule has 1 spiro atoms. The number of halogens is 5. The summed E-state index contributed by atoms with van der Waals surface area (Å²) in [5.41, 5.74) is -1.95. The molecule has 1 saturated heterocycles. The van der Waals surface area contributed by atoms with E-state index in [1.54, 1.807) is 18.2 Å². The summed E-state index contributed by atoms with van der Waals surface area (Å²) in [5.74, 6) is -2.67. The zero-order valence-electron chi connectivity index (χ0n) is 27.6. The van der Waals surface area contributed by atoms with Gasteiger partial charge >= 0.3 is 17.8 Å². The van der Waals surface area contributed by atoms with E-state index >= 15 is 0 Å². The number of nitrogens with zero attached hydrogens (tertiary/aromatic N) is 3. The fraction of sp³-hybridized carbons (Fsp3) is 0.378. The standard InChI is InChI=1S/C37H37F5N4O5/c38-28-11-5-12-29(39)27(28)21-45-31-23-51-36(14-17-44(18-15-36)20-24-7-4-10-26(19-24)37(40,41)42)33(31)34(49)46(35(45)50)22-30(25-8-2-1-3-9-25)43-16-6-13-32(47)48/h1-5,7-12,19,30,43H,6,13-18,20-23H2,(H,47,48)/t30-/m0/s1. The van der Waals surface area contributed by atoms with Crippen molar-refractivity contribution in [3.8, 4) is 0 Å². The van der Waals surface area contributed by atoms with Crippen molar-refractivity contribution in [2.24, 2.45) is 0 Å². The van der Waals surface area contributed by atoms with Gasteiger partial charge in [0, 0.05) is 31.6 Å². The fourth-order valence-electron chi connectivity index (χ4n) is 7.04. The molecule has 0 unspecified atom stereocenters. The number of fused-ring (bicyclic) bond motifs is 2. The van der Waals surface area contributed by atoms with Crippen molar-refractivity contribution >= 4 is 5.97 Å². The number of nitrogens with one attached hydrogen (secondary N) is 1. The van der Waals surface area contributed by atoms with E-state index in [0.29, 0.717) is 25.1 Å². The average molecular weight is 713 g/mol. The molecule has 4 aromatic rings. The van der Waals surface area contributed by atoms with Gasteiger partial charge in [0.1, 0.15) is 17.2 Å². The molecule has 0 bridgehead atoms. The van der Waals surface area contributed by atoms with Gasteiger partial charge in [-0.25, -0.2) is 13.6 Å². The highest BCUT2D eigenvalue weighted by Gasteiger charge is 2.47. The third-order valence-electron chi connectivity index (χ3n) is 9.70. The van der Waals surface area contributed by atoms with Crippen molar-refractivity contribution < 1.29 is 36.6 Å². The molecule has 2 aliphatic heterocycles. The molecule has 1 atom stereocenters. The van der Waals surface area contributed by atoms with Crippen LogP contribution in [0, 0.1) is 11.6 Å². The smallest absolute Gasteiger partial charge is 0.416 e. The molecule has 2 aliphatic rings. The zero-order chi connectivity index (χ0) is 36.3. The molecule has 9 nitrogen and oxygen atoms in total. The van der Waals surface area contributed by atoms with Crippen LogP contribution in [0.5, 0.6) is 0 Å². The molecule has 1 aromatic heterocycles. The molecule has 1 fully saturated rings. The number of benzene rings is 3. The maximum atomic E-state index is 14.9. The monoisotopic (exact) mass is 712 g/mol. The van der Waals surface area contributed by atoms with Crippen LogP contribution in [-0.2, 0) is 47.5 Å². The Kier molecular flexibility index (Phi) is 10.6. The fourth-order valence-corrected chi connectivity index (χ4v) is 7.04. The molecular weight excluding hydrogens is 675 g/mol. The van der Waals surface area contributed by atoms with E-state index in [-0.39, 0.29) is 62.3 Å². The normalized spacial score (nSPS) is 16.3. The summed E-state index contributed by atoms with van der Waals surface area (Å²) in [7, 11) is 0. The van der Waals surface area contributed by atoms with Gasteiger partial charge in [-0.3, -0.25) is 23.6 Å². The molecular formula is C37H37F5N4O5. The number of carboxylic acids is 1. The number of piperidine rings is 1. The average Bonchev–Trinajstić information content (AvgIpc) is 3.46. The van der Waals surface area contributed by atoms with Crippen LogP contribution in [0.4, 0.5) is 22.0 Å². The number of hydrogen-bond donors (Lipinski definition) is 2. The highest BCUT2D eigenvalue weighted by atomic mass is 19.4. The number of likely N-dealkylation sites (tertiary alicyclic amines) is 1. The van der Waals surface area contributed by atoms with Crippen molar-refractivity contribution in [2.75, 3.05) is 19.6 Å². The maximum Gasteiger partial charge on any atom is 0.416 e. The Morgan fingerprint density at radius 2 is 1.61 bits per heavy atom. The Hall–Kier alpha value is -4.66. The molecule has 3 heterocycles. The predicted molar refractivity (Wildman–Crippen MR) is 177 cm³/mol. The minimum Gasteiger partial charge on any atom is -0.481 e. The van der Waals surface area contributed by atoms with Crippen LogP contribution in [0.25, 0.3) is 0 Å². The van der Waals surface area contributed by atoms with Gasteiger partial charge < -0.3 is 15.2 Å². The van der Waals surface area contributed by atoms with Crippen molar-refractivity contribution in [1.82, 2.24) is 19.4 Å². The predicted octanol–water partition coefficient (Wildman–Crippen LogP) is 5.57. The SMILES string of the molecule is O=C(O)CCCN[C@@H](Cn1c(=O)c2c(n(Cc3c(F)cccc3F)c1=O)COC21CCN(Cc2cccc(C(F)(F)F)c2)CC1)c1ccccc1. The van der Waals surface area contributed by atoms with E-state index < -0.39 is 58.8 Å². The number of carboxylic acid groups (broad SMARTS) is 1. The van der Waals surface area contributed by atoms with Crippen LogP contribution >= 0.6 is 0 Å². The van der Waals surface area contributed by atoms with Gasteiger partial charge in [0.05, 0.1) is 42.6 Å². The quantitative estimate of drug-likeness (QED) is 0.146. The van der Waals surface area contributed by atoms with E-state index in [0.717, 1.165) is 34.4 Å². The van der Waals surface area contributed by atoms with E-state index in [4.69, 9.17) is 9.84 Å². The first kappa shape index (κ1) is 36.1. The number of hydrogen-bond acceptors (Lipinski definition) is 6. The number of aliphatic carboxylic acids is 1. The third kappa shape index (κ3) is 7.82. The first-order chi connectivity index (χ1) is 24.4. The number of rotatable bonds is 12. The van der Waals surface area contributed by atoms with E-state index in [2.05, 4.69) is 5.32 Å². The number of carbonyl (C=O) groups is 1. The summed E-state index contributed by atoms with van der Waals surface area (Å²) in [5, 5.41) is 12.4. The minimum atomic E-state index is -4.47. The number of aromatic nitrogens is 2. The second-order valence-corrected chi connectivity index (χ2v) is 13.0. The van der Waals surface area contributed by atoms with Gasteiger partial charge in [-0.15, -0.1) is 0 Å². The molecule has 6 rings (SSSR count). The van der Waals surface area contributed by atoms with Gasteiger partial charge in [-0.2, -0.15) is 13.2 Å². The highest BCUT2D eigenvalue weighted by Crippen LogP contribution is 2.43. The lowest BCUT2D eigenvalue weighted by molar-refractivity contribution is -0.138. The molecule has 3 aromatic carbocycles. The topological polar surface area (TPSA) is 106 Å². The van der Waals surface area contributed by atoms with Crippen molar-refractivity contribution in [2.45, 2.75) is 69.7 Å². The molecule has 0 aliphatic carbocycles. The van der Waals surface area contributed by atoms with Crippen LogP contribution in [0.2, 0.25) is 0 Å². The van der Waals surface area contributed by atoms with Crippen molar-refractivity contribution in [1.29, 1.82) is 0 Å². The summed E-state index contributed by atoms with van der Waals surface area (Å²) in [6.07, 6.45) is -3.69. The van der Waals surface area contributed by atoms with Crippen LogP contribution in [0.3, 0.4) is 0 Å². The van der Waals surface area contributed by atoms with Crippen LogP contribution in [0.15, 0.2) is 82.4 Å². The van der Waals surface area contributed by atoms with Gasteiger partial charge in [-0.1, -0.05) is 54.6 Å². The Labute approximate surface area is 289 Å². The molecule has 0 radical (unpaired) electrons. The van der Waals surface area contributed by atoms with Gasteiger partial charge in [0.15, 0.2) is 0 Å². The molecule has 0 saturated carbocycles. The first-order valence-corrected chi connectivity index (χ1v) is 16.7. The third-order valence-corrected chi connectivity index (χ3v) is 9.70. The second kappa shape index (κ2) is 14.9. The Morgan fingerprint density at radius 3 is 2.27 bits per heavy atom. The molecule has 51 heavy (non-hydrogen) atoms. The van der Waals surface area contributed by atoms with Gasteiger partial charge in [0.25, 0.3) is 5.56 Å². The van der Waals surface area contributed by atoms with E-state index in [9.17, 15) is 36.3 Å². The van der Waals surface area contributed by atoms with E-state index in [1.165, 1.54) is 16.7 Å². The Bertz CT molecular complexity index is 1990. The Balaban J connectivity index is 1.36. The number of ether oxygens (including phenoxy) is 1. The molecule has 0 amide bonds. The van der Waals surface area contributed by atoms with E-state index in [1.807, 2.05) is 23.1 Å². The summed E-state index contributed by atoms with van der Waals surface area (Å²) < 4.78 is 78.4. The second-order valence-electron chi connectivity index (χ2n) is 13.0. The lowest BCUT2D eigenvalue weighted by Crippen LogP contribution is -2.50.